The van der Waals surface area contributed by atoms with E-state index >= 15 is 0 Å². The van der Waals surface area contributed by atoms with Gasteiger partial charge in [-0.15, -0.1) is 0 Å². The van der Waals surface area contributed by atoms with Gasteiger partial charge in [-0.25, -0.2) is 0 Å². The van der Waals surface area contributed by atoms with Gasteiger partial charge in [0.25, 0.3) is 0 Å². The number of methoxy groups -OCH3 is 1. The summed E-state index contributed by atoms with van der Waals surface area (Å²) in [5.41, 5.74) is 0. The molecule has 1 aliphatic rings. The highest BCUT2D eigenvalue weighted by Gasteiger charge is 2.15. The Bertz CT molecular complexity index is 87.1. The van der Waals surface area contributed by atoms with Crippen LogP contribution in [0.4, 0.5) is 0 Å². The maximum Gasteiger partial charge on any atom is 0.169 e. The molecule has 1 saturated heterocycles. The molecular weight excluding hydrogens is 118 g/mol. The second kappa shape index (κ2) is 3.15. The first-order valence-electron chi connectivity index (χ1n) is 3.01. The average Bonchev–Trinajstić information content (AvgIpc) is 1.88. The summed E-state index contributed by atoms with van der Waals surface area (Å²) in [5.74, 6) is 0. The lowest BCUT2D eigenvalue weighted by molar-refractivity contribution is -0.149. The predicted molar refractivity (Wildman–Crippen MR) is 33.7 cm³/mol. The van der Waals surface area contributed by atoms with E-state index in [9.17, 15) is 0 Å². The number of nitrogens with zero attached hydrogens (tertiary/aromatic N) is 1. The van der Waals surface area contributed by atoms with Crippen molar-refractivity contribution in [1.82, 2.24) is 4.90 Å². The minimum absolute atomic E-state index is 0.0417. The second-order valence-electron chi connectivity index (χ2n) is 2.12. The van der Waals surface area contributed by atoms with Gasteiger partial charge < -0.3 is 9.47 Å². The van der Waals surface area contributed by atoms with E-state index in [1.165, 1.54) is 0 Å². The minimum atomic E-state index is -0.0417. The Kier molecular flexibility index (Phi) is 2.45. The van der Waals surface area contributed by atoms with Crippen molar-refractivity contribution in [3.8, 4) is 0 Å². The molecule has 1 heterocycles. The molecule has 53 valence electrons. The summed E-state index contributed by atoms with van der Waals surface area (Å²) < 4.78 is 10.2. The van der Waals surface area contributed by atoms with Crippen LogP contribution in [0.2, 0.25) is 0 Å². The highest BCUT2D eigenvalue weighted by molar-refractivity contribution is 4.70. The second-order valence-corrected chi connectivity index (χ2v) is 2.12. The summed E-state index contributed by atoms with van der Waals surface area (Å²) in [5, 5.41) is 0. The van der Waals surface area contributed by atoms with Crippen molar-refractivity contribution in [2.24, 2.45) is 0 Å². The molecule has 1 fully saturated rings. The normalized spacial score (nSPS) is 30.7. The van der Waals surface area contributed by atoms with E-state index in [1.807, 2.05) is 13.6 Å². The Morgan fingerprint density at radius 1 is 1.78 bits per heavy atom. The third kappa shape index (κ3) is 1.93. The fourth-order valence-electron chi connectivity index (χ4n) is 0.783. The first-order valence-corrected chi connectivity index (χ1v) is 3.01. The number of likely N-dealkylation sites (N-methyl/N-ethyl adjacent to an activating group) is 1. The molecule has 1 rings (SSSR count). The van der Waals surface area contributed by atoms with E-state index in [-0.39, 0.29) is 6.29 Å². The number of morpholine rings is 1. The van der Waals surface area contributed by atoms with Crippen molar-refractivity contribution < 1.29 is 9.47 Å². The van der Waals surface area contributed by atoms with Crippen molar-refractivity contribution >= 4 is 0 Å². The Morgan fingerprint density at radius 3 is 3.00 bits per heavy atom. The summed E-state index contributed by atoms with van der Waals surface area (Å²) >= 11 is 0. The lowest BCUT2D eigenvalue weighted by atomic mass is 10.4. The van der Waals surface area contributed by atoms with Crippen molar-refractivity contribution in [1.29, 1.82) is 0 Å². The molecule has 1 atom stereocenters. The number of hydrogen-bond acceptors (Lipinski definition) is 3. The van der Waals surface area contributed by atoms with Crippen LogP contribution in [0.3, 0.4) is 0 Å². The first kappa shape index (κ1) is 6.99. The molecule has 3 nitrogen and oxygen atoms in total. The zero-order chi connectivity index (χ0) is 6.69. The molecule has 1 aliphatic heterocycles. The van der Waals surface area contributed by atoms with Gasteiger partial charge in [-0.2, -0.15) is 0 Å². The van der Waals surface area contributed by atoms with E-state index in [0.717, 1.165) is 6.54 Å². The lowest BCUT2D eigenvalue weighted by Gasteiger charge is -2.28. The topological polar surface area (TPSA) is 21.7 Å². The van der Waals surface area contributed by atoms with Gasteiger partial charge in [-0.05, 0) is 7.05 Å². The SMILES string of the molecule is COC1CN(C)[CH]CO1. The summed E-state index contributed by atoms with van der Waals surface area (Å²) in [6.45, 7) is 3.49. The van der Waals surface area contributed by atoms with E-state index in [4.69, 9.17) is 9.47 Å². The van der Waals surface area contributed by atoms with Crippen LogP contribution in [0.15, 0.2) is 0 Å². The number of hydrogen-bond donors (Lipinski definition) is 0. The molecule has 3 heteroatoms. The smallest absolute Gasteiger partial charge is 0.169 e. The zero-order valence-corrected chi connectivity index (χ0v) is 5.83. The van der Waals surface area contributed by atoms with Gasteiger partial charge in [-0.3, -0.25) is 4.90 Å². The first-order chi connectivity index (χ1) is 4.33. The van der Waals surface area contributed by atoms with Gasteiger partial charge in [0.05, 0.1) is 13.2 Å². The van der Waals surface area contributed by atoms with Gasteiger partial charge in [-0.1, -0.05) is 0 Å². The van der Waals surface area contributed by atoms with Crippen molar-refractivity contribution in [3.05, 3.63) is 6.54 Å². The highest BCUT2D eigenvalue weighted by Crippen LogP contribution is 2.04. The standard InChI is InChI=1S/C6H12NO2/c1-7-3-4-9-6(5-7)8-2/h3,6H,4-5H2,1-2H3. The summed E-state index contributed by atoms with van der Waals surface area (Å²) in [6, 6.07) is 0. The van der Waals surface area contributed by atoms with Crippen molar-refractivity contribution in [3.63, 3.8) is 0 Å². The Hall–Kier alpha value is -0.120. The quantitative estimate of drug-likeness (QED) is 0.502. The molecular formula is C6H12NO2. The van der Waals surface area contributed by atoms with Gasteiger partial charge in [0.2, 0.25) is 0 Å². The summed E-state index contributed by atoms with van der Waals surface area (Å²) in [4.78, 5) is 2.07. The monoisotopic (exact) mass is 130 g/mol. The van der Waals surface area contributed by atoms with Crippen LogP contribution in [0.1, 0.15) is 0 Å². The van der Waals surface area contributed by atoms with Crippen LogP contribution < -0.4 is 0 Å². The highest BCUT2D eigenvalue weighted by atomic mass is 16.7. The van der Waals surface area contributed by atoms with Crippen LogP contribution >= 0.6 is 0 Å². The predicted octanol–water partition coefficient (Wildman–Crippen LogP) is 0.0827. The Morgan fingerprint density at radius 2 is 2.56 bits per heavy atom. The van der Waals surface area contributed by atoms with E-state index < -0.39 is 0 Å². The molecule has 0 aromatic carbocycles. The number of ether oxygens (including phenoxy) is 2. The fraction of sp³-hybridized carbons (Fsp3) is 0.833. The molecule has 9 heavy (non-hydrogen) atoms. The van der Waals surface area contributed by atoms with Crippen molar-refractivity contribution in [2.45, 2.75) is 6.29 Å². The van der Waals surface area contributed by atoms with Crippen LogP contribution in [0.25, 0.3) is 0 Å². The third-order valence-corrected chi connectivity index (χ3v) is 1.37. The van der Waals surface area contributed by atoms with Crippen LogP contribution in [-0.4, -0.2) is 38.5 Å². The molecule has 0 spiro atoms. The Balaban J connectivity index is 2.23. The van der Waals surface area contributed by atoms with Crippen LogP contribution in [-0.2, 0) is 9.47 Å². The maximum absolute atomic E-state index is 5.18. The molecule has 0 amide bonds. The Labute approximate surface area is 55.5 Å². The summed E-state index contributed by atoms with van der Waals surface area (Å²) in [7, 11) is 3.67. The van der Waals surface area contributed by atoms with Crippen LogP contribution in [0.5, 0.6) is 0 Å². The largest absolute Gasteiger partial charge is 0.355 e. The van der Waals surface area contributed by atoms with E-state index in [2.05, 4.69) is 4.90 Å². The average molecular weight is 130 g/mol. The van der Waals surface area contributed by atoms with Gasteiger partial charge in [0.15, 0.2) is 6.29 Å². The third-order valence-electron chi connectivity index (χ3n) is 1.37. The van der Waals surface area contributed by atoms with E-state index in [0.29, 0.717) is 6.61 Å². The van der Waals surface area contributed by atoms with Gasteiger partial charge in [0, 0.05) is 13.7 Å². The number of rotatable bonds is 1. The van der Waals surface area contributed by atoms with Crippen LogP contribution in [0, 0.1) is 6.54 Å². The molecule has 1 unspecified atom stereocenters. The summed E-state index contributed by atoms with van der Waals surface area (Å²) in [6.07, 6.45) is -0.0417. The molecule has 0 saturated carbocycles. The molecule has 0 aliphatic carbocycles. The van der Waals surface area contributed by atoms with Gasteiger partial charge >= 0.3 is 0 Å². The van der Waals surface area contributed by atoms with Gasteiger partial charge in [0.1, 0.15) is 0 Å². The maximum atomic E-state index is 5.18. The zero-order valence-electron chi connectivity index (χ0n) is 5.83. The molecule has 0 aromatic heterocycles. The molecule has 0 aromatic rings. The fourth-order valence-corrected chi connectivity index (χ4v) is 0.783. The lowest BCUT2D eigenvalue weighted by Crippen LogP contribution is -2.37. The molecule has 0 N–H and O–H groups in total. The van der Waals surface area contributed by atoms with E-state index in [1.54, 1.807) is 7.11 Å². The van der Waals surface area contributed by atoms with Crippen molar-refractivity contribution in [2.75, 3.05) is 27.3 Å². The molecule has 0 bridgehead atoms. The minimum Gasteiger partial charge on any atom is -0.355 e. The molecule has 1 radical (unpaired) electrons.